The highest BCUT2D eigenvalue weighted by Gasteiger charge is 2.11. The van der Waals surface area contributed by atoms with Crippen LogP contribution in [0.4, 0.5) is 27.1 Å². The third kappa shape index (κ3) is 2.97. The van der Waals surface area contributed by atoms with Crippen LogP contribution in [0.3, 0.4) is 0 Å². The average Bonchev–Trinajstić information content (AvgIpc) is 2.43. The zero-order valence-electron chi connectivity index (χ0n) is 10.5. The minimum atomic E-state index is -0.605. The van der Waals surface area contributed by atoms with Crippen LogP contribution in [0.2, 0.25) is 5.02 Å². The van der Waals surface area contributed by atoms with E-state index in [0.29, 0.717) is 11.4 Å². The number of nitrogens with one attached hydrogen (secondary N) is 2. The summed E-state index contributed by atoms with van der Waals surface area (Å²) >= 11 is 5.68. The lowest BCUT2D eigenvalue weighted by molar-refractivity contribution is -0.384. The highest BCUT2D eigenvalue weighted by atomic mass is 35.5. The lowest BCUT2D eigenvalue weighted by Crippen LogP contribution is -1.98. The Hall–Kier alpha value is -2.34. The van der Waals surface area contributed by atoms with Gasteiger partial charge < -0.3 is 10.6 Å². The van der Waals surface area contributed by atoms with Gasteiger partial charge in [0, 0.05) is 30.6 Å². The molecule has 2 N–H and O–H groups in total. The van der Waals surface area contributed by atoms with E-state index >= 15 is 0 Å². The molecule has 0 aromatic heterocycles. The molecule has 0 spiro atoms. The largest absolute Gasteiger partial charge is 0.388 e. The van der Waals surface area contributed by atoms with Crippen molar-refractivity contribution < 1.29 is 9.31 Å². The fraction of sp³-hybridized carbons (Fsp3) is 0.0769. The summed E-state index contributed by atoms with van der Waals surface area (Å²) in [4.78, 5) is 10.3. The molecule has 0 saturated carbocycles. The summed E-state index contributed by atoms with van der Waals surface area (Å²) in [5.74, 6) is -0.605. The molecule has 2 aromatic rings. The SMILES string of the molecule is CNc1cc(Nc2cccc(Cl)c2F)cc([N+](=O)[O-])c1. The Bertz CT molecular complexity index is 664. The van der Waals surface area contributed by atoms with Crippen LogP contribution in [0.15, 0.2) is 36.4 Å². The fourth-order valence-electron chi connectivity index (χ4n) is 1.69. The predicted octanol–water partition coefficient (Wildman–Crippen LogP) is 4.17. The van der Waals surface area contributed by atoms with Gasteiger partial charge in [-0.3, -0.25) is 10.1 Å². The van der Waals surface area contributed by atoms with E-state index < -0.39 is 10.7 Å². The van der Waals surface area contributed by atoms with Crippen molar-refractivity contribution in [3.63, 3.8) is 0 Å². The molecule has 0 aliphatic heterocycles. The van der Waals surface area contributed by atoms with E-state index in [4.69, 9.17) is 11.6 Å². The maximum Gasteiger partial charge on any atom is 0.273 e. The Morgan fingerprint density at radius 2 is 1.95 bits per heavy atom. The van der Waals surface area contributed by atoms with Crippen molar-refractivity contribution in [3.8, 4) is 0 Å². The summed E-state index contributed by atoms with van der Waals surface area (Å²) < 4.78 is 13.8. The number of hydrogen-bond acceptors (Lipinski definition) is 4. The molecule has 0 unspecified atom stereocenters. The highest BCUT2D eigenvalue weighted by molar-refractivity contribution is 6.31. The van der Waals surface area contributed by atoms with Crippen LogP contribution < -0.4 is 10.6 Å². The second-order valence-electron chi connectivity index (χ2n) is 4.00. The normalized spacial score (nSPS) is 10.2. The first-order valence-corrected chi connectivity index (χ1v) is 6.07. The summed E-state index contributed by atoms with van der Waals surface area (Å²) in [7, 11) is 1.64. The molecule has 2 aromatic carbocycles. The maximum atomic E-state index is 13.8. The molecular formula is C13H11ClFN3O2. The van der Waals surface area contributed by atoms with Gasteiger partial charge in [0.05, 0.1) is 15.6 Å². The number of nitro groups is 1. The smallest absolute Gasteiger partial charge is 0.273 e. The molecule has 2 rings (SSSR count). The molecule has 0 aliphatic carbocycles. The van der Waals surface area contributed by atoms with Gasteiger partial charge in [0.1, 0.15) is 0 Å². The predicted molar refractivity (Wildman–Crippen MR) is 77.3 cm³/mol. The molecule has 0 amide bonds. The van der Waals surface area contributed by atoms with Crippen LogP contribution in [0.25, 0.3) is 0 Å². The first-order valence-electron chi connectivity index (χ1n) is 5.69. The number of nitrogens with zero attached hydrogens (tertiary/aromatic N) is 1. The van der Waals surface area contributed by atoms with Gasteiger partial charge in [0.15, 0.2) is 5.82 Å². The third-order valence-corrected chi connectivity index (χ3v) is 2.94. The van der Waals surface area contributed by atoms with E-state index in [-0.39, 0.29) is 16.4 Å². The van der Waals surface area contributed by atoms with Gasteiger partial charge in [0.25, 0.3) is 5.69 Å². The highest BCUT2D eigenvalue weighted by Crippen LogP contribution is 2.29. The Morgan fingerprint density at radius 1 is 1.25 bits per heavy atom. The molecule has 0 bridgehead atoms. The van der Waals surface area contributed by atoms with Crippen LogP contribution >= 0.6 is 11.6 Å². The van der Waals surface area contributed by atoms with E-state index in [0.717, 1.165) is 0 Å². The molecule has 7 heteroatoms. The van der Waals surface area contributed by atoms with Crippen molar-refractivity contribution in [3.05, 3.63) is 57.4 Å². The summed E-state index contributed by atoms with van der Waals surface area (Å²) in [5.41, 5.74) is 0.996. The molecule has 104 valence electrons. The number of non-ortho nitro benzene ring substituents is 1. The van der Waals surface area contributed by atoms with E-state index in [1.807, 2.05) is 0 Å². The molecule has 0 atom stereocenters. The monoisotopic (exact) mass is 295 g/mol. The van der Waals surface area contributed by atoms with Crippen molar-refractivity contribution in [2.75, 3.05) is 17.7 Å². The minimum absolute atomic E-state index is 0.0192. The molecule has 0 heterocycles. The molecule has 5 nitrogen and oxygen atoms in total. The number of nitro benzene ring substituents is 1. The second-order valence-corrected chi connectivity index (χ2v) is 4.41. The van der Waals surface area contributed by atoms with Gasteiger partial charge in [-0.05, 0) is 18.2 Å². The Morgan fingerprint density at radius 3 is 2.60 bits per heavy atom. The zero-order chi connectivity index (χ0) is 14.7. The summed E-state index contributed by atoms with van der Waals surface area (Å²) in [5, 5.41) is 16.4. The van der Waals surface area contributed by atoms with E-state index in [9.17, 15) is 14.5 Å². The van der Waals surface area contributed by atoms with Crippen LogP contribution in [0.5, 0.6) is 0 Å². The summed E-state index contributed by atoms with van der Waals surface area (Å²) in [6.07, 6.45) is 0. The van der Waals surface area contributed by atoms with Crippen LogP contribution in [0, 0.1) is 15.9 Å². The first kappa shape index (κ1) is 14.1. The molecule has 0 aliphatic rings. The van der Waals surface area contributed by atoms with Gasteiger partial charge in [-0.2, -0.15) is 0 Å². The first-order chi connectivity index (χ1) is 9.51. The van der Waals surface area contributed by atoms with Crippen LogP contribution in [0.1, 0.15) is 0 Å². The summed E-state index contributed by atoms with van der Waals surface area (Å²) in [6.45, 7) is 0. The van der Waals surface area contributed by atoms with Crippen molar-refractivity contribution in [2.24, 2.45) is 0 Å². The van der Waals surface area contributed by atoms with Crippen molar-refractivity contribution in [1.29, 1.82) is 0 Å². The lowest BCUT2D eigenvalue weighted by Gasteiger charge is -2.10. The topological polar surface area (TPSA) is 67.2 Å². The number of hydrogen-bond donors (Lipinski definition) is 2. The Kier molecular flexibility index (Phi) is 4.05. The Balaban J connectivity index is 2.40. The van der Waals surface area contributed by atoms with Gasteiger partial charge in [-0.1, -0.05) is 17.7 Å². The zero-order valence-corrected chi connectivity index (χ0v) is 11.2. The molecule has 0 saturated heterocycles. The van der Waals surface area contributed by atoms with Gasteiger partial charge in [-0.25, -0.2) is 4.39 Å². The second kappa shape index (κ2) is 5.75. The van der Waals surface area contributed by atoms with E-state index in [1.54, 1.807) is 19.2 Å². The summed E-state index contributed by atoms with van der Waals surface area (Å²) in [6, 6.07) is 8.85. The number of rotatable bonds is 4. The minimum Gasteiger partial charge on any atom is -0.388 e. The van der Waals surface area contributed by atoms with Gasteiger partial charge in [-0.15, -0.1) is 0 Å². The van der Waals surface area contributed by atoms with Gasteiger partial charge >= 0.3 is 0 Å². The lowest BCUT2D eigenvalue weighted by atomic mass is 10.2. The fourth-order valence-corrected chi connectivity index (χ4v) is 1.86. The van der Waals surface area contributed by atoms with Crippen LogP contribution in [-0.2, 0) is 0 Å². The van der Waals surface area contributed by atoms with E-state index in [2.05, 4.69) is 10.6 Å². The quantitative estimate of drug-likeness (QED) is 0.656. The van der Waals surface area contributed by atoms with Crippen molar-refractivity contribution >= 4 is 34.4 Å². The molecular weight excluding hydrogens is 285 g/mol. The molecule has 20 heavy (non-hydrogen) atoms. The van der Waals surface area contributed by atoms with Crippen LogP contribution in [-0.4, -0.2) is 12.0 Å². The Labute approximate surface area is 119 Å². The number of benzene rings is 2. The van der Waals surface area contributed by atoms with Crippen molar-refractivity contribution in [1.82, 2.24) is 0 Å². The van der Waals surface area contributed by atoms with Gasteiger partial charge in [0.2, 0.25) is 0 Å². The molecule has 0 fully saturated rings. The standard InChI is InChI=1S/C13H11ClFN3O2/c1-16-8-5-9(7-10(6-8)18(19)20)17-12-4-2-3-11(14)13(12)15/h2-7,16-17H,1H3. The average molecular weight is 296 g/mol. The third-order valence-electron chi connectivity index (χ3n) is 2.65. The number of halogens is 2. The van der Waals surface area contributed by atoms with Crippen molar-refractivity contribution in [2.45, 2.75) is 0 Å². The molecule has 0 radical (unpaired) electrons. The maximum absolute atomic E-state index is 13.8. The van der Waals surface area contributed by atoms with E-state index in [1.165, 1.54) is 24.3 Å². The number of anilines is 3.